The molecule has 0 amide bonds. The first-order chi connectivity index (χ1) is 8.89. The second kappa shape index (κ2) is 4.07. The minimum absolute atomic E-state index is 0.0198. The van der Waals surface area contributed by atoms with Crippen molar-refractivity contribution in [3.05, 3.63) is 29.8 Å². The van der Waals surface area contributed by atoms with Crippen molar-refractivity contribution < 1.29 is 14.3 Å². The fourth-order valence-electron chi connectivity index (χ4n) is 3.41. The highest BCUT2D eigenvalue weighted by Gasteiger charge is 2.53. The lowest BCUT2D eigenvalue weighted by atomic mass is 9.76. The van der Waals surface area contributed by atoms with Gasteiger partial charge < -0.3 is 9.47 Å². The van der Waals surface area contributed by atoms with Gasteiger partial charge in [0.25, 0.3) is 0 Å². The molecule has 3 heteroatoms. The molecule has 2 aliphatic rings. The van der Waals surface area contributed by atoms with E-state index >= 15 is 0 Å². The summed E-state index contributed by atoms with van der Waals surface area (Å²) in [6.45, 7) is 8.56. The molecule has 1 aromatic rings. The Morgan fingerprint density at radius 1 is 1.16 bits per heavy atom. The number of rotatable bonds is 0. The summed E-state index contributed by atoms with van der Waals surface area (Å²) >= 11 is 0. The van der Waals surface area contributed by atoms with Crippen molar-refractivity contribution in [1.29, 1.82) is 0 Å². The maximum atomic E-state index is 12.2. The van der Waals surface area contributed by atoms with Crippen LogP contribution in [-0.2, 0) is 9.53 Å². The van der Waals surface area contributed by atoms with Gasteiger partial charge in [-0.25, -0.2) is 0 Å². The molecule has 2 heterocycles. The molecule has 4 atom stereocenters. The van der Waals surface area contributed by atoms with Crippen LogP contribution in [0.25, 0.3) is 0 Å². The first kappa shape index (κ1) is 12.7. The predicted octanol–water partition coefficient (Wildman–Crippen LogP) is 3.34. The lowest BCUT2D eigenvalue weighted by Crippen LogP contribution is -2.35. The minimum atomic E-state index is -0.181. The van der Waals surface area contributed by atoms with Gasteiger partial charge in [0.1, 0.15) is 11.9 Å². The Morgan fingerprint density at radius 3 is 2.53 bits per heavy atom. The number of ether oxygens (including phenoxy) is 2. The molecule has 19 heavy (non-hydrogen) atoms. The van der Waals surface area contributed by atoms with Crippen molar-refractivity contribution in [1.82, 2.24) is 0 Å². The van der Waals surface area contributed by atoms with Crippen LogP contribution in [0, 0.1) is 17.3 Å². The highest BCUT2D eigenvalue weighted by molar-refractivity contribution is 5.79. The van der Waals surface area contributed by atoms with Crippen LogP contribution in [0.2, 0.25) is 0 Å². The number of fused-ring (bicyclic) bond motifs is 3. The summed E-state index contributed by atoms with van der Waals surface area (Å²) in [7, 11) is 0. The smallest absolute Gasteiger partial charge is 0.317 e. The topological polar surface area (TPSA) is 35.5 Å². The van der Waals surface area contributed by atoms with E-state index in [1.807, 2.05) is 24.3 Å². The molecule has 2 aliphatic heterocycles. The van der Waals surface area contributed by atoms with Gasteiger partial charge >= 0.3 is 5.97 Å². The quantitative estimate of drug-likeness (QED) is 0.530. The molecule has 0 aliphatic carbocycles. The second-order valence-electron chi connectivity index (χ2n) is 6.69. The van der Waals surface area contributed by atoms with Crippen molar-refractivity contribution in [2.75, 3.05) is 0 Å². The fraction of sp³-hybridized carbons (Fsp3) is 0.562. The number of carbonyl (C=O) groups is 1. The number of para-hydroxylation sites is 1. The first-order valence-electron chi connectivity index (χ1n) is 6.85. The summed E-state index contributed by atoms with van der Waals surface area (Å²) in [5.41, 5.74) is 1.03. The zero-order chi connectivity index (χ0) is 13.8. The largest absolute Gasteiger partial charge is 0.426 e. The normalized spacial score (nSPS) is 33.6. The Hall–Kier alpha value is -1.35. The van der Waals surface area contributed by atoms with Gasteiger partial charge in [0.05, 0.1) is 12.0 Å². The van der Waals surface area contributed by atoms with Crippen LogP contribution < -0.4 is 4.74 Å². The summed E-state index contributed by atoms with van der Waals surface area (Å²) in [6.07, 6.45) is -0.0853. The number of hydrogen-bond donors (Lipinski definition) is 0. The van der Waals surface area contributed by atoms with Crippen molar-refractivity contribution >= 4 is 5.97 Å². The predicted molar refractivity (Wildman–Crippen MR) is 71.8 cm³/mol. The molecular weight excluding hydrogens is 240 g/mol. The van der Waals surface area contributed by atoms with Crippen molar-refractivity contribution in [2.24, 2.45) is 17.3 Å². The SMILES string of the molecule is C[C@H]1[C@@H]2C(=O)Oc3ccccc3[C@@H]2O[C@@H]1C(C)(C)C. The van der Waals surface area contributed by atoms with Gasteiger partial charge in [-0.1, -0.05) is 45.9 Å². The van der Waals surface area contributed by atoms with Crippen LogP contribution >= 0.6 is 0 Å². The standard InChI is InChI=1S/C16H20O3/c1-9-12-13(19-14(9)16(2,3)4)10-7-5-6-8-11(10)18-15(12)17/h5-9,12-14H,1-4H3/t9-,12-,13-,14-/m0/s1. The first-order valence-corrected chi connectivity index (χ1v) is 6.85. The third-order valence-electron chi connectivity index (χ3n) is 4.23. The molecule has 0 bridgehead atoms. The average Bonchev–Trinajstić information content (AvgIpc) is 2.68. The number of benzene rings is 1. The summed E-state index contributed by atoms with van der Waals surface area (Å²) < 4.78 is 11.7. The van der Waals surface area contributed by atoms with Crippen LogP contribution in [0.15, 0.2) is 24.3 Å². The molecule has 1 fully saturated rings. The van der Waals surface area contributed by atoms with Gasteiger partial charge in [-0.2, -0.15) is 0 Å². The van der Waals surface area contributed by atoms with Crippen LogP contribution in [0.5, 0.6) is 5.75 Å². The van der Waals surface area contributed by atoms with Gasteiger partial charge in [-0.3, -0.25) is 4.79 Å². The molecule has 3 nitrogen and oxygen atoms in total. The monoisotopic (exact) mass is 260 g/mol. The Morgan fingerprint density at radius 2 is 1.84 bits per heavy atom. The Bertz CT molecular complexity index is 515. The van der Waals surface area contributed by atoms with E-state index in [9.17, 15) is 4.79 Å². The zero-order valence-corrected chi connectivity index (χ0v) is 11.8. The molecular formula is C16H20O3. The van der Waals surface area contributed by atoms with Crippen LogP contribution in [0.3, 0.4) is 0 Å². The fourth-order valence-corrected chi connectivity index (χ4v) is 3.41. The maximum absolute atomic E-state index is 12.2. The maximum Gasteiger partial charge on any atom is 0.317 e. The van der Waals surface area contributed by atoms with E-state index in [1.54, 1.807) is 0 Å². The minimum Gasteiger partial charge on any atom is -0.426 e. The second-order valence-corrected chi connectivity index (χ2v) is 6.69. The summed E-state index contributed by atoms with van der Waals surface area (Å²) in [4.78, 5) is 12.2. The van der Waals surface area contributed by atoms with E-state index < -0.39 is 0 Å². The molecule has 0 aromatic heterocycles. The molecule has 1 aromatic carbocycles. The molecule has 3 rings (SSSR count). The van der Waals surface area contributed by atoms with Gasteiger partial charge in [0.2, 0.25) is 0 Å². The average molecular weight is 260 g/mol. The highest BCUT2D eigenvalue weighted by Crippen LogP contribution is 2.52. The molecule has 0 unspecified atom stereocenters. The number of carbonyl (C=O) groups excluding carboxylic acids is 1. The molecule has 0 radical (unpaired) electrons. The van der Waals surface area contributed by atoms with E-state index in [2.05, 4.69) is 27.7 Å². The summed E-state index contributed by atoms with van der Waals surface area (Å²) in [6, 6.07) is 7.68. The molecule has 0 saturated carbocycles. The Kier molecular flexibility index (Phi) is 2.72. The van der Waals surface area contributed by atoms with E-state index in [-0.39, 0.29) is 35.4 Å². The number of hydrogen-bond acceptors (Lipinski definition) is 3. The van der Waals surface area contributed by atoms with E-state index in [1.165, 1.54) is 0 Å². The van der Waals surface area contributed by atoms with Crippen LogP contribution in [0.4, 0.5) is 0 Å². The van der Waals surface area contributed by atoms with Crippen LogP contribution in [0.1, 0.15) is 39.4 Å². The zero-order valence-electron chi connectivity index (χ0n) is 11.8. The number of esters is 1. The van der Waals surface area contributed by atoms with Crippen LogP contribution in [-0.4, -0.2) is 12.1 Å². The van der Waals surface area contributed by atoms with Gasteiger partial charge in [-0.05, 0) is 17.4 Å². The Balaban J connectivity index is 2.03. The Labute approximate surface area is 113 Å². The van der Waals surface area contributed by atoms with E-state index in [0.29, 0.717) is 5.75 Å². The van der Waals surface area contributed by atoms with Crippen molar-refractivity contribution in [3.8, 4) is 5.75 Å². The van der Waals surface area contributed by atoms with Gasteiger partial charge in [0.15, 0.2) is 0 Å². The van der Waals surface area contributed by atoms with Gasteiger partial charge in [0, 0.05) is 5.56 Å². The van der Waals surface area contributed by atoms with Crippen molar-refractivity contribution in [3.63, 3.8) is 0 Å². The molecule has 0 N–H and O–H groups in total. The van der Waals surface area contributed by atoms with Gasteiger partial charge in [-0.15, -0.1) is 0 Å². The van der Waals surface area contributed by atoms with Crippen molar-refractivity contribution in [2.45, 2.75) is 39.9 Å². The summed E-state index contributed by atoms with van der Waals surface area (Å²) in [5.74, 6) is 0.489. The molecule has 0 spiro atoms. The summed E-state index contributed by atoms with van der Waals surface area (Å²) in [5, 5.41) is 0. The molecule has 102 valence electrons. The third-order valence-corrected chi connectivity index (χ3v) is 4.23. The van der Waals surface area contributed by atoms with E-state index in [0.717, 1.165) is 5.56 Å². The lowest BCUT2D eigenvalue weighted by Gasteiger charge is -2.29. The third kappa shape index (κ3) is 1.88. The molecule has 1 saturated heterocycles. The van der Waals surface area contributed by atoms with E-state index in [4.69, 9.17) is 9.47 Å². The lowest BCUT2D eigenvalue weighted by molar-refractivity contribution is -0.144. The highest BCUT2D eigenvalue weighted by atomic mass is 16.6.